The second-order valence-electron chi connectivity index (χ2n) is 7.09. The second-order valence-corrected chi connectivity index (χ2v) is 7.09. The molecule has 1 saturated carbocycles. The van der Waals surface area contributed by atoms with Crippen LogP contribution in [0.15, 0.2) is 0 Å². The van der Waals surface area contributed by atoms with Gasteiger partial charge in [0.05, 0.1) is 6.10 Å². The molecule has 0 aromatic heterocycles. The molecular weight excluding hydrogens is 248 g/mol. The molecule has 1 aliphatic heterocycles. The first-order valence-corrected chi connectivity index (χ1v) is 8.65. The van der Waals surface area contributed by atoms with Crippen LogP contribution in [0.2, 0.25) is 0 Å². The maximum Gasteiger partial charge on any atom is 0.0702 e. The molecule has 2 rings (SSSR count). The van der Waals surface area contributed by atoms with E-state index in [9.17, 15) is 0 Å². The van der Waals surface area contributed by atoms with Crippen LogP contribution in [0.3, 0.4) is 0 Å². The highest BCUT2D eigenvalue weighted by molar-refractivity contribution is 4.89. The molecule has 1 N–H and O–H groups in total. The number of piperidine rings is 1. The molecule has 20 heavy (non-hydrogen) atoms. The van der Waals surface area contributed by atoms with Crippen LogP contribution in [-0.4, -0.2) is 50.3 Å². The third-order valence-electron chi connectivity index (χ3n) is 5.38. The Labute approximate surface area is 125 Å². The van der Waals surface area contributed by atoms with Gasteiger partial charge in [-0.3, -0.25) is 0 Å². The molecule has 0 aromatic carbocycles. The Kier molecular flexibility index (Phi) is 6.31. The first-order valence-electron chi connectivity index (χ1n) is 8.65. The summed E-state index contributed by atoms with van der Waals surface area (Å²) in [4.78, 5) is 2.66. The molecule has 0 spiro atoms. The maximum absolute atomic E-state index is 5.84. The van der Waals surface area contributed by atoms with Crippen molar-refractivity contribution in [3.63, 3.8) is 0 Å². The summed E-state index contributed by atoms with van der Waals surface area (Å²) in [5.41, 5.74) is 0. The first kappa shape index (κ1) is 16.3. The summed E-state index contributed by atoms with van der Waals surface area (Å²) in [5, 5.41) is 3.58. The summed E-state index contributed by atoms with van der Waals surface area (Å²) in [6.45, 7) is 11.5. The zero-order valence-electron chi connectivity index (χ0n) is 13.9. The minimum absolute atomic E-state index is 0.472. The average molecular weight is 282 g/mol. The van der Waals surface area contributed by atoms with E-state index in [4.69, 9.17) is 4.74 Å². The van der Waals surface area contributed by atoms with Gasteiger partial charge in [0, 0.05) is 25.7 Å². The number of ether oxygens (including phenoxy) is 1. The molecule has 3 nitrogen and oxygen atoms in total. The average Bonchev–Trinajstić information content (AvgIpc) is 2.42. The molecule has 5 unspecified atom stereocenters. The Balaban J connectivity index is 1.89. The fourth-order valence-electron chi connectivity index (χ4n) is 4.40. The van der Waals surface area contributed by atoms with Crippen LogP contribution in [-0.2, 0) is 4.74 Å². The van der Waals surface area contributed by atoms with E-state index in [0.717, 1.165) is 30.9 Å². The summed E-state index contributed by atoms with van der Waals surface area (Å²) >= 11 is 0. The molecule has 1 heterocycles. The van der Waals surface area contributed by atoms with Gasteiger partial charge in [0.2, 0.25) is 0 Å². The smallest absolute Gasteiger partial charge is 0.0702 e. The zero-order chi connectivity index (χ0) is 14.5. The number of likely N-dealkylation sites (tertiary alicyclic amines) is 1. The van der Waals surface area contributed by atoms with Gasteiger partial charge < -0.3 is 15.0 Å². The standard InChI is InChI=1S/C17H34N2O/c1-5-20-15-7-6-8-19(11-15)12-16-14(3)9-13(2)10-17(16)18-4/h13-18H,5-12H2,1-4H3. The van der Waals surface area contributed by atoms with Crippen molar-refractivity contribution in [2.24, 2.45) is 17.8 Å². The van der Waals surface area contributed by atoms with E-state index < -0.39 is 0 Å². The van der Waals surface area contributed by atoms with Crippen LogP contribution >= 0.6 is 0 Å². The third kappa shape index (κ3) is 4.19. The molecule has 1 saturated heterocycles. The van der Waals surface area contributed by atoms with E-state index >= 15 is 0 Å². The lowest BCUT2D eigenvalue weighted by Gasteiger charge is -2.43. The largest absolute Gasteiger partial charge is 0.377 e. The van der Waals surface area contributed by atoms with Crippen molar-refractivity contribution in [3.8, 4) is 0 Å². The first-order chi connectivity index (χ1) is 9.63. The summed E-state index contributed by atoms with van der Waals surface area (Å²) in [7, 11) is 2.14. The van der Waals surface area contributed by atoms with E-state index in [0.29, 0.717) is 12.1 Å². The Hall–Kier alpha value is -0.120. The zero-order valence-corrected chi connectivity index (χ0v) is 13.9. The predicted octanol–water partition coefficient (Wildman–Crippen LogP) is 2.76. The van der Waals surface area contributed by atoms with Gasteiger partial charge >= 0.3 is 0 Å². The van der Waals surface area contributed by atoms with Crippen LogP contribution in [0, 0.1) is 17.8 Å². The summed E-state index contributed by atoms with van der Waals surface area (Å²) in [6.07, 6.45) is 5.75. The van der Waals surface area contributed by atoms with Crippen LogP contribution in [0.5, 0.6) is 0 Å². The molecule has 2 aliphatic rings. The van der Waals surface area contributed by atoms with Crippen LogP contribution in [0.25, 0.3) is 0 Å². The van der Waals surface area contributed by atoms with Crippen LogP contribution < -0.4 is 5.32 Å². The number of hydrogen-bond acceptors (Lipinski definition) is 3. The van der Waals surface area contributed by atoms with Crippen molar-refractivity contribution in [1.82, 2.24) is 10.2 Å². The Morgan fingerprint density at radius 2 is 2.05 bits per heavy atom. The van der Waals surface area contributed by atoms with E-state index in [1.165, 1.54) is 38.8 Å². The fraction of sp³-hybridized carbons (Fsp3) is 1.00. The van der Waals surface area contributed by atoms with E-state index in [1.54, 1.807) is 0 Å². The highest BCUT2D eigenvalue weighted by atomic mass is 16.5. The molecule has 0 amide bonds. The Morgan fingerprint density at radius 3 is 2.75 bits per heavy atom. The van der Waals surface area contributed by atoms with Gasteiger partial charge in [-0.2, -0.15) is 0 Å². The molecule has 2 fully saturated rings. The molecule has 0 aromatic rings. The van der Waals surface area contributed by atoms with Gasteiger partial charge in [-0.15, -0.1) is 0 Å². The number of nitrogens with one attached hydrogen (secondary N) is 1. The second kappa shape index (κ2) is 7.77. The minimum Gasteiger partial charge on any atom is -0.377 e. The maximum atomic E-state index is 5.84. The molecule has 1 aliphatic carbocycles. The lowest BCUT2D eigenvalue weighted by Crippen LogP contribution is -2.50. The van der Waals surface area contributed by atoms with Gasteiger partial charge in [0.15, 0.2) is 0 Å². The summed E-state index contributed by atoms with van der Waals surface area (Å²) in [5.74, 6) is 2.51. The molecule has 3 heteroatoms. The van der Waals surface area contributed by atoms with Crippen molar-refractivity contribution in [1.29, 1.82) is 0 Å². The van der Waals surface area contributed by atoms with Crippen molar-refractivity contribution in [2.45, 2.75) is 58.6 Å². The lowest BCUT2D eigenvalue weighted by molar-refractivity contribution is -0.00691. The Bertz CT molecular complexity index is 282. The van der Waals surface area contributed by atoms with Crippen molar-refractivity contribution in [3.05, 3.63) is 0 Å². The molecular formula is C17H34N2O. The molecule has 118 valence electrons. The van der Waals surface area contributed by atoms with Crippen LogP contribution in [0.1, 0.15) is 46.5 Å². The topological polar surface area (TPSA) is 24.5 Å². The summed E-state index contributed by atoms with van der Waals surface area (Å²) in [6, 6.07) is 0.696. The van der Waals surface area contributed by atoms with Gasteiger partial charge in [-0.05, 0) is 64.0 Å². The quantitative estimate of drug-likeness (QED) is 0.839. The number of hydrogen-bond donors (Lipinski definition) is 1. The van der Waals surface area contributed by atoms with Crippen molar-refractivity contribution >= 4 is 0 Å². The number of nitrogens with zero attached hydrogens (tertiary/aromatic N) is 1. The SMILES string of the molecule is CCOC1CCCN(CC2C(C)CC(C)CC2NC)C1. The van der Waals surface area contributed by atoms with Crippen molar-refractivity contribution < 1.29 is 4.74 Å². The lowest BCUT2D eigenvalue weighted by atomic mass is 9.72. The number of rotatable bonds is 5. The van der Waals surface area contributed by atoms with Gasteiger partial charge in [0.1, 0.15) is 0 Å². The third-order valence-corrected chi connectivity index (χ3v) is 5.38. The minimum atomic E-state index is 0.472. The predicted molar refractivity (Wildman–Crippen MR) is 85.0 cm³/mol. The van der Waals surface area contributed by atoms with Gasteiger partial charge in [0.25, 0.3) is 0 Å². The summed E-state index contributed by atoms with van der Waals surface area (Å²) < 4.78 is 5.84. The van der Waals surface area contributed by atoms with Gasteiger partial charge in [-0.25, -0.2) is 0 Å². The molecule has 0 bridgehead atoms. The van der Waals surface area contributed by atoms with E-state index in [1.807, 2.05) is 0 Å². The molecule has 0 radical (unpaired) electrons. The highest BCUT2D eigenvalue weighted by Gasteiger charge is 2.35. The monoisotopic (exact) mass is 282 g/mol. The van der Waals surface area contributed by atoms with E-state index in [2.05, 4.69) is 38.0 Å². The van der Waals surface area contributed by atoms with E-state index in [-0.39, 0.29) is 0 Å². The normalized spacial score (nSPS) is 39.9. The Morgan fingerprint density at radius 1 is 1.25 bits per heavy atom. The van der Waals surface area contributed by atoms with Gasteiger partial charge in [-0.1, -0.05) is 13.8 Å². The fourth-order valence-corrected chi connectivity index (χ4v) is 4.40. The van der Waals surface area contributed by atoms with Crippen LogP contribution in [0.4, 0.5) is 0 Å². The van der Waals surface area contributed by atoms with Crippen molar-refractivity contribution in [2.75, 3.05) is 33.3 Å². The molecule has 5 atom stereocenters. The highest BCUT2D eigenvalue weighted by Crippen LogP contribution is 2.34.